The van der Waals surface area contributed by atoms with Gasteiger partial charge in [0.2, 0.25) is 0 Å². The van der Waals surface area contributed by atoms with Gasteiger partial charge in [0.05, 0.1) is 6.10 Å². The van der Waals surface area contributed by atoms with Crippen LogP contribution < -0.4 is 10.5 Å². The zero-order valence-electron chi connectivity index (χ0n) is 11.3. The predicted octanol–water partition coefficient (Wildman–Crippen LogP) is 4.04. The zero-order valence-corrected chi connectivity index (χ0v) is 11.3. The highest BCUT2D eigenvalue weighted by molar-refractivity contribution is 5.91. The standard InChI is InChI=1S/C16H21NO/c1-4-15(17)13-9-10-16(18-11(2)3)14-8-6-5-7-12(13)14/h5-11,15H,4,17H2,1-3H3. The summed E-state index contributed by atoms with van der Waals surface area (Å²) in [6.07, 6.45) is 1.12. The van der Waals surface area contributed by atoms with Crippen molar-refractivity contribution in [2.75, 3.05) is 0 Å². The molecule has 18 heavy (non-hydrogen) atoms. The van der Waals surface area contributed by atoms with Crippen molar-refractivity contribution in [3.63, 3.8) is 0 Å². The van der Waals surface area contributed by atoms with E-state index in [-0.39, 0.29) is 12.1 Å². The van der Waals surface area contributed by atoms with Crippen LogP contribution in [0.3, 0.4) is 0 Å². The maximum absolute atomic E-state index is 6.17. The molecule has 2 N–H and O–H groups in total. The van der Waals surface area contributed by atoms with Crippen LogP contribution in [0.5, 0.6) is 5.75 Å². The molecule has 2 nitrogen and oxygen atoms in total. The number of hydrogen-bond donors (Lipinski definition) is 1. The van der Waals surface area contributed by atoms with Crippen molar-refractivity contribution in [2.24, 2.45) is 5.73 Å². The van der Waals surface area contributed by atoms with Crippen LogP contribution in [0, 0.1) is 0 Å². The molecule has 96 valence electrons. The quantitative estimate of drug-likeness (QED) is 0.879. The van der Waals surface area contributed by atoms with Gasteiger partial charge in [0, 0.05) is 11.4 Å². The van der Waals surface area contributed by atoms with Gasteiger partial charge in [0.1, 0.15) is 5.75 Å². The van der Waals surface area contributed by atoms with Crippen LogP contribution >= 0.6 is 0 Å². The Morgan fingerprint density at radius 2 is 1.72 bits per heavy atom. The second-order valence-corrected chi connectivity index (χ2v) is 4.88. The Hall–Kier alpha value is -1.54. The lowest BCUT2D eigenvalue weighted by atomic mass is 9.97. The molecule has 0 aliphatic rings. The van der Waals surface area contributed by atoms with Crippen LogP contribution in [0.1, 0.15) is 38.8 Å². The van der Waals surface area contributed by atoms with Gasteiger partial charge in [-0.3, -0.25) is 0 Å². The predicted molar refractivity (Wildman–Crippen MR) is 76.9 cm³/mol. The van der Waals surface area contributed by atoms with E-state index < -0.39 is 0 Å². The fraction of sp³-hybridized carbons (Fsp3) is 0.375. The first-order valence-electron chi connectivity index (χ1n) is 6.57. The summed E-state index contributed by atoms with van der Waals surface area (Å²) in [5.74, 6) is 0.938. The molecule has 2 heteroatoms. The molecule has 1 unspecified atom stereocenters. The Morgan fingerprint density at radius 3 is 2.33 bits per heavy atom. The molecule has 2 rings (SSSR count). The number of hydrogen-bond acceptors (Lipinski definition) is 2. The second-order valence-electron chi connectivity index (χ2n) is 4.88. The van der Waals surface area contributed by atoms with E-state index in [9.17, 15) is 0 Å². The number of fused-ring (bicyclic) bond motifs is 1. The number of ether oxygens (including phenoxy) is 1. The third-order valence-electron chi connectivity index (χ3n) is 3.12. The molecule has 0 fully saturated rings. The lowest BCUT2D eigenvalue weighted by molar-refractivity contribution is 0.245. The Bertz CT molecular complexity index is 534. The Labute approximate surface area is 109 Å². The van der Waals surface area contributed by atoms with E-state index >= 15 is 0 Å². The van der Waals surface area contributed by atoms with Gasteiger partial charge in [-0.2, -0.15) is 0 Å². The maximum Gasteiger partial charge on any atom is 0.127 e. The summed E-state index contributed by atoms with van der Waals surface area (Å²) >= 11 is 0. The highest BCUT2D eigenvalue weighted by Crippen LogP contribution is 2.32. The largest absolute Gasteiger partial charge is 0.490 e. The SMILES string of the molecule is CCC(N)c1ccc(OC(C)C)c2ccccc12. The van der Waals surface area contributed by atoms with E-state index in [4.69, 9.17) is 10.5 Å². The van der Waals surface area contributed by atoms with Crippen LogP contribution in [0.25, 0.3) is 10.8 Å². The Kier molecular flexibility index (Phi) is 3.87. The van der Waals surface area contributed by atoms with Crippen molar-refractivity contribution in [3.05, 3.63) is 42.0 Å². The Balaban J connectivity index is 2.58. The van der Waals surface area contributed by atoms with Crippen molar-refractivity contribution < 1.29 is 4.74 Å². The van der Waals surface area contributed by atoms with Gasteiger partial charge < -0.3 is 10.5 Å². The lowest BCUT2D eigenvalue weighted by Gasteiger charge is -2.17. The third-order valence-corrected chi connectivity index (χ3v) is 3.12. The third kappa shape index (κ3) is 2.49. The highest BCUT2D eigenvalue weighted by atomic mass is 16.5. The van der Waals surface area contributed by atoms with Gasteiger partial charge in [-0.25, -0.2) is 0 Å². The summed E-state index contributed by atoms with van der Waals surface area (Å²) in [7, 11) is 0. The van der Waals surface area contributed by atoms with E-state index in [0.717, 1.165) is 17.6 Å². The van der Waals surface area contributed by atoms with Gasteiger partial charge in [0.25, 0.3) is 0 Å². The molecule has 0 spiro atoms. The fourth-order valence-electron chi connectivity index (χ4n) is 2.19. The van der Waals surface area contributed by atoms with Crippen LogP contribution in [0.2, 0.25) is 0 Å². The minimum atomic E-state index is 0.0861. The van der Waals surface area contributed by atoms with E-state index in [2.05, 4.69) is 25.1 Å². The molecule has 0 radical (unpaired) electrons. The van der Waals surface area contributed by atoms with E-state index in [1.54, 1.807) is 0 Å². The van der Waals surface area contributed by atoms with Crippen molar-refractivity contribution in [1.82, 2.24) is 0 Å². The summed E-state index contributed by atoms with van der Waals surface area (Å²) in [5, 5.41) is 2.35. The summed E-state index contributed by atoms with van der Waals surface area (Å²) in [5.41, 5.74) is 7.37. The van der Waals surface area contributed by atoms with Crippen molar-refractivity contribution >= 4 is 10.8 Å². The molecule has 2 aromatic rings. The minimum absolute atomic E-state index is 0.0861. The highest BCUT2D eigenvalue weighted by Gasteiger charge is 2.11. The Morgan fingerprint density at radius 1 is 1.06 bits per heavy atom. The van der Waals surface area contributed by atoms with Crippen molar-refractivity contribution in [3.8, 4) is 5.75 Å². The molecule has 2 aromatic carbocycles. The number of rotatable bonds is 4. The lowest BCUT2D eigenvalue weighted by Crippen LogP contribution is -2.10. The molecule has 0 aromatic heterocycles. The second kappa shape index (κ2) is 5.40. The van der Waals surface area contributed by atoms with E-state index in [0.29, 0.717) is 0 Å². The average molecular weight is 243 g/mol. The molecule has 0 heterocycles. The summed E-state index contributed by atoms with van der Waals surface area (Å²) in [6.45, 7) is 6.19. The van der Waals surface area contributed by atoms with Crippen LogP contribution in [-0.2, 0) is 0 Å². The smallest absolute Gasteiger partial charge is 0.127 e. The van der Waals surface area contributed by atoms with Crippen molar-refractivity contribution in [2.45, 2.75) is 39.3 Å². The summed E-state index contributed by atoms with van der Waals surface area (Å²) in [4.78, 5) is 0. The monoisotopic (exact) mass is 243 g/mol. The molecular weight excluding hydrogens is 222 g/mol. The molecule has 0 aliphatic heterocycles. The first kappa shape index (κ1) is 12.9. The number of benzene rings is 2. The van der Waals surface area contributed by atoms with Gasteiger partial charge in [-0.15, -0.1) is 0 Å². The summed E-state index contributed by atoms with van der Waals surface area (Å²) in [6, 6.07) is 12.5. The first-order chi connectivity index (χ1) is 8.63. The summed E-state index contributed by atoms with van der Waals surface area (Å²) < 4.78 is 5.86. The maximum atomic E-state index is 6.17. The molecule has 0 bridgehead atoms. The molecular formula is C16H21NO. The van der Waals surface area contributed by atoms with Crippen LogP contribution in [0.15, 0.2) is 36.4 Å². The zero-order chi connectivity index (χ0) is 13.1. The average Bonchev–Trinajstić information content (AvgIpc) is 2.38. The fourth-order valence-corrected chi connectivity index (χ4v) is 2.19. The minimum Gasteiger partial charge on any atom is -0.490 e. The molecule has 1 atom stereocenters. The molecule has 0 saturated heterocycles. The van der Waals surface area contributed by atoms with Gasteiger partial charge in [0.15, 0.2) is 0 Å². The van der Waals surface area contributed by atoms with Gasteiger partial charge in [-0.1, -0.05) is 37.3 Å². The van der Waals surface area contributed by atoms with Crippen LogP contribution in [-0.4, -0.2) is 6.10 Å². The normalized spacial score (nSPS) is 12.9. The van der Waals surface area contributed by atoms with Crippen LogP contribution in [0.4, 0.5) is 0 Å². The molecule has 0 aliphatic carbocycles. The van der Waals surface area contributed by atoms with E-state index in [1.165, 1.54) is 10.9 Å². The topological polar surface area (TPSA) is 35.2 Å². The van der Waals surface area contributed by atoms with Crippen molar-refractivity contribution in [1.29, 1.82) is 0 Å². The van der Waals surface area contributed by atoms with Gasteiger partial charge in [-0.05, 0) is 37.3 Å². The number of nitrogens with two attached hydrogens (primary N) is 1. The molecule has 0 saturated carbocycles. The molecule has 0 amide bonds. The first-order valence-corrected chi connectivity index (χ1v) is 6.57. The van der Waals surface area contributed by atoms with E-state index in [1.807, 2.05) is 32.0 Å². The van der Waals surface area contributed by atoms with Gasteiger partial charge >= 0.3 is 0 Å².